The fourth-order valence-corrected chi connectivity index (χ4v) is 3.31. The van der Waals surface area contributed by atoms with Crippen LogP contribution in [0.3, 0.4) is 0 Å². The Kier molecular flexibility index (Phi) is 6.70. The van der Waals surface area contributed by atoms with Crippen molar-refractivity contribution in [3.8, 4) is 45.3 Å². The number of hydrogen-bond acceptors (Lipinski definition) is 5. The number of phenolic OH excluding ortho intramolecular Hbond substituents is 2. The summed E-state index contributed by atoms with van der Waals surface area (Å²) < 4.78 is 25.7. The van der Waals surface area contributed by atoms with Gasteiger partial charge in [-0.05, 0) is 55.3 Å². The number of anilines is 1. The number of phenols is 2. The third kappa shape index (κ3) is 4.74. The molecule has 162 valence electrons. The van der Waals surface area contributed by atoms with Gasteiger partial charge in [0.05, 0.1) is 25.5 Å². The predicted molar refractivity (Wildman–Crippen MR) is 122 cm³/mol. The zero-order valence-electron chi connectivity index (χ0n) is 18.0. The molecule has 0 aliphatic carbocycles. The van der Waals surface area contributed by atoms with E-state index < -0.39 is 5.82 Å². The van der Waals surface area contributed by atoms with Crippen molar-refractivity contribution in [3.05, 3.63) is 66.0 Å². The minimum absolute atomic E-state index is 0.129. The summed E-state index contributed by atoms with van der Waals surface area (Å²) >= 11 is 0. The monoisotopic (exact) mass is 423 g/mol. The van der Waals surface area contributed by atoms with Gasteiger partial charge >= 0.3 is 0 Å². The van der Waals surface area contributed by atoms with Crippen LogP contribution in [0.1, 0.15) is 13.8 Å². The first-order chi connectivity index (χ1) is 14.8. The summed E-state index contributed by atoms with van der Waals surface area (Å²) in [6.07, 6.45) is 1.97. The highest BCUT2D eigenvalue weighted by atomic mass is 19.1. The maximum atomic E-state index is 14.7. The number of nitrogens with one attached hydrogen (secondary N) is 1. The van der Waals surface area contributed by atoms with E-state index in [9.17, 15) is 14.6 Å². The standard InChI is InChI=1S/C25H26FNO4/c1-15(2)11-12-27-21-10-7-17(13-20(21)26)23-22(30-3)14-19(25(31-4)24(23)29)16-5-8-18(28)9-6-16/h5-11,13-14,27-29H,12H2,1-4H3. The van der Waals surface area contributed by atoms with E-state index >= 15 is 0 Å². The molecule has 0 aliphatic rings. The largest absolute Gasteiger partial charge is 0.508 e. The molecule has 0 aliphatic heterocycles. The summed E-state index contributed by atoms with van der Waals surface area (Å²) in [4.78, 5) is 0. The molecular formula is C25H26FNO4. The van der Waals surface area contributed by atoms with Gasteiger partial charge in [0, 0.05) is 12.1 Å². The van der Waals surface area contributed by atoms with Crippen LogP contribution in [-0.4, -0.2) is 31.0 Å². The van der Waals surface area contributed by atoms with Crippen LogP contribution in [0, 0.1) is 5.82 Å². The van der Waals surface area contributed by atoms with Gasteiger partial charge < -0.3 is 25.0 Å². The Morgan fingerprint density at radius 3 is 2.23 bits per heavy atom. The molecule has 3 aromatic carbocycles. The Labute approximate surface area is 181 Å². The fourth-order valence-electron chi connectivity index (χ4n) is 3.31. The number of ether oxygens (including phenoxy) is 2. The van der Waals surface area contributed by atoms with E-state index in [2.05, 4.69) is 5.32 Å². The third-order valence-electron chi connectivity index (χ3n) is 4.88. The first-order valence-corrected chi connectivity index (χ1v) is 9.80. The van der Waals surface area contributed by atoms with Crippen molar-refractivity contribution in [2.24, 2.45) is 0 Å². The minimum Gasteiger partial charge on any atom is -0.508 e. The lowest BCUT2D eigenvalue weighted by molar-refractivity contribution is 0.369. The molecule has 0 fully saturated rings. The molecule has 0 saturated carbocycles. The van der Waals surface area contributed by atoms with Crippen LogP contribution >= 0.6 is 0 Å². The lowest BCUT2D eigenvalue weighted by atomic mass is 9.96. The van der Waals surface area contributed by atoms with E-state index in [-0.39, 0.29) is 17.2 Å². The second-order valence-electron chi connectivity index (χ2n) is 7.29. The Hall–Kier alpha value is -3.67. The molecule has 0 unspecified atom stereocenters. The van der Waals surface area contributed by atoms with Crippen molar-refractivity contribution in [1.29, 1.82) is 0 Å². The molecule has 0 saturated heterocycles. The SMILES string of the molecule is COc1cc(-c2ccc(O)cc2)c(OC)c(O)c1-c1ccc(NCC=C(C)C)c(F)c1. The predicted octanol–water partition coefficient (Wildman–Crippen LogP) is 5.97. The van der Waals surface area contributed by atoms with Gasteiger partial charge in [-0.2, -0.15) is 0 Å². The van der Waals surface area contributed by atoms with Crippen molar-refractivity contribution in [3.63, 3.8) is 0 Å². The van der Waals surface area contributed by atoms with Crippen molar-refractivity contribution < 1.29 is 24.1 Å². The molecule has 3 N–H and O–H groups in total. The molecule has 0 bridgehead atoms. The molecule has 0 aromatic heterocycles. The maximum absolute atomic E-state index is 14.7. The normalized spacial score (nSPS) is 10.5. The molecule has 3 rings (SSSR count). The lowest BCUT2D eigenvalue weighted by Gasteiger charge is -2.18. The van der Waals surface area contributed by atoms with Crippen LogP contribution in [0.25, 0.3) is 22.3 Å². The van der Waals surface area contributed by atoms with Crippen molar-refractivity contribution in [1.82, 2.24) is 0 Å². The number of benzene rings is 3. The topological polar surface area (TPSA) is 71.0 Å². The van der Waals surface area contributed by atoms with Crippen LogP contribution < -0.4 is 14.8 Å². The third-order valence-corrected chi connectivity index (χ3v) is 4.88. The van der Waals surface area contributed by atoms with Gasteiger partial charge in [-0.15, -0.1) is 0 Å². The smallest absolute Gasteiger partial charge is 0.170 e. The first kappa shape index (κ1) is 22.0. The molecule has 3 aromatic rings. The van der Waals surface area contributed by atoms with Crippen LogP contribution in [0.2, 0.25) is 0 Å². The number of aromatic hydroxyl groups is 2. The van der Waals surface area contributed by atoms with Crippen LogP contribution in [0.15, 0.2) is 60.2 Å². The van der Waals surface area contributed by atoms with Gasteiger partial charge in [-0.1, -0.05) is 29.8 Å². The van der Waals surface area contributed by atoms with Gasteiger partial charge in [-0.3, -0.25) is 0 Å². The van der Waals surface area contributed by atoms with Gasteiger partial charge in [0.1, 0.15) is 17.3 Å². The Bertz CT molecular complexity index is 1100. The zero-order valence-corrected chi connectivity index (χ0v) is 18.0. The zero-order chi connectivity index (χ0) is 22.5. The highest BCUT2D eigenvalue weighted by Gasteiger charge is 2.22. The Morgan fingerprint density at radius 2 is 1.65 bits per heavy atom. The number of rotatable bonds is 7. The van der Waals surface area contributed by atoms with Crippen molar-refractivity contribution >= 4 is 5.69 Å². The number of methoxy groups -OCH3 is 2. The van der Waals surface area contributed by atoms with Crippen LogP contribution in [-0.2, 0) is 0 Å². The average molecular weight is 423 g/mol. The first-order valence-electron chi connectivity index (χ1n) is 9.80. The summed E-state index contributed by atoms with van der Waals surface area (Å²) in [5, 5.41) is 23.6. The van der Waals surface area contributed by atoms with Gasteiger partial charge in [0.15, 0.2) is 11.5 Å². The summed E-state index contributed by atoms with van der Waals surface area (Å²) in [5.41, 5.74) is 3.60. The van der Waals surface area contributed by atoms with Crippen LogP contribution in [0.5, 0.6) is 23.0 Å². The average Bonchev–Trinajstić information content (AvgIpc) is 2.74. The molecule has 6 heteroatoms. The van der Waals surface area contributed by atoms with E-state index in [0.29, 0.717) is 34.7 Å². The second kappa shape index (κ2) is 9.43. The lowest BCUT2D eigenvalue weighted by Crippen LogP contribution is -2.01. The molecule has 0 spiro atoms. The molecule has 31 heavy (non-hydrogen) atoms. The number of halogens is 1. The van der Waals surface area contributed by atoms with Gasteiger partial charge in [-0.25, -0.2) is 4.39 Å². The summed E-state index contributed by atoms with van der Waals surface area (Å²) in [6, 6.07) is 12.9. The highest BCUT2D eigenvalue weighted by molar-refractivity contribution is 5.88. The number of hydrogen-bond donors (Lipinski definition) is 3. The fraction of sp³-hybridized carbons (Fsp3) is 0.200. The van der Waals surface area contributed by atoms with E-state index in [1.165, 1.54) is 20.3 Å². The quantitative estimate of drug-likeness (QED) is 0.409. The summed E-state index contributed by atoms with van der Waals surface area (Å²) in [5.74, 6) is 0.125. The van der Waals surface area contributed by atoms with Gasteiger partial charge in [0.25, 0.3) is 0 Å². The molecule has 0 atom stereocenters. The Morgan fingerprint density at radius 1 is 0.968 bits per heavy atom. The minimum atomic E-state index is -0.442. The van der Waals surface area contributed by atoms with Crippen molar-refractivity contribution in [2.75, 3.05) is 26.1 Å². The van der Waals surface area contributed by atoms with E-state index in [1.54, 1.807) is 42.5 Å². The maximum Gasteiger partial charge on any atom is 0.170 e. The molecular weight excluding hydrogens is 397 g/mol. The number of allylic oxidation sites excluding steroid dienone is 1. The molecule has 5 nitrogen and oxygen atoms in total. The molecule has 0 heterocycles. The van der Waals surface area contributed by atoms with Gasteiger partial charge in [0.2, 0.25) is 0 Å². The van der Waals surface area contributed by atoms with E-state index in [4.69, 9.17) is 9.47 Å². The summed E-state index contributed by atoms with van der Waals surface area (Å²) in [7, 11) is 2.93. The Balaban J connectivity index is 2.08. The van der Waals surface area contributed by atoms with Crippen molar-refractivity contribution in [2.45, 2.75) is 13.8 Å². The molecule has 0 amide bonds. The van der Waals surface area contributed by atoms with Crippen LogP contribution in [0.4, 0.5) is 10.1 Å². The molecule has 0 radical (unpaired) electrons. The van der Waals surface area contributed by atoms with E-state index in [0.717, 1.165) is 11.1 Å². The summed E-state index contributed by atoms with van der Waals surface area (Å²) in [6.45, 7) is 4.47. The van der Waals surface area contributed by atoms with E-state index in [1.807, 2.05) is 19.9 Å². The second-order valence-corrected chi connectivity index (χ2v) is 7.29. The highest BCUT2D eigenvalue weighted by Crippen LogP contribution is 2.49.